The number of anilines is 1. The van der Waals surface area contributed by atoms with Gasteiger partial charge in [0.2, 0.25) is 0 Å². The van der Waals surface area contributed by atoms with Crippen molar-refractivity contribution in [3.8, 4) is 0 Å². The number of urea groups is 1. The molecule has 0 aromatic heterocycles. The number of para-hydroxylation sites is 1. The second kappa shape index (κ2) is 4.13. The molecular formula is C8H10N4O2. The number of carbonyl (C=O) groups excluding carboxylic acids is 1. The van der Waals surface area contributed by atoms with E-state index in [1.54, 1.807) is 24.3 Å². The van der Waals surface area contributed by atoms with Crippen LogP contribution in [0.1, 0.15) is 5.56 Å². The van der Waals surface area contributed by atoms with Gasteiger partial charge in [-0.05, 0) is 12.1 Å². The normalized spacial score (nSPS) is 11.0. The number of nitrogens with zero attached hydrogens (tertiary/aromatic N) is 1. The lowest BCUT2D eigenvalue weighted by Gasteiger charge is -2.07. The lowest BCUT2D eigenvalue weighted by molar-refractivity contribution is 0.259. The Morgan fingerprint density at radius 1 is 1.36 bits per heavy atom. The first kappa shape index (κ1) is 9.85. The topological polar surface area (TPSA) is 114 Å². The van der Waals surface area contributed by atoms with Crippen molar-refractivity contribution in [1.29, 1.82) is 0 Å². The van der Waals surface area contributed by atoms with E-state index < -0.39 is 6.03 Å². The summed E-state index contributed by atoms with van der Waals surface area (Å²) in [6.07, 6.45) is 0. The Morgan fingerprint density at radius 3 is 2.57 bits per heavy atom. The summed E-state index contributed by atoms with van der Waals surface area (Å²) in [5.41, 5.74) is 11.1. The number of benzene rings is 1. The van der Waals surface area contributed by atoms with Crippen molar-refractivity contribution < 1.29 is 10.0 Å². The lowest BCUT2D eigenvalue weighted by Crippen LogP contribution is -2.23. The SMILES string of the molecule is NC(=O)Nc1ccccc1/C(N)=N/O. The average Bonchev–Trinajstić information content (AvgIpc) is 2.16. The molecule has 0 atom stereocenters. The highest BCUT2D eigenvalue weighted by atomic mass is 16.4. The zero-order valence-corrected chi connectivity index (χ0v) is 7.27. The highest BCUT2D eigenvalue weighted by molar-refractivity contribution is 6.04. The molecule has 1 aromatic carbocycles. The van der Waals surface area contributed by atoms with Gasteiger partial charge in [0.05, 0.1) is 5.69 Å². The molecule has 2 amide bonds. The van der Waals surface area contributed by atoms with Crippen LogP contribution in [0.15, 0.2) is 29.4 Å². The molecule has 0 unspecified atom stereocenters. The number of oxime groups is 1. The van der Waals surface area contributed by atoms with Crippen molar-refractivity contribution in [2.45, 2.75) is 0 Å². The minimum atomic E-state index is -0.705. The van der Waals surface area contributed by atoms with Crippen molar-refractivity contribution in [2.24, 2.45) is 16.6 Å². The van der Waals surface area contributed by atoms with Crippen LogP contribution in [0.5, 0.6) is 0 Å². The molecule has 6 nitrogen and oxygen atoms in total. The van der Waals surface area contributed by atoms with Crippen LogP contribution in [0.4, 0.5) is 10.5 Å². The molecule has 14 heavy (non-hydrogen) atoms. The predicted molar refractivity (Wildman–Crippen MR) is 52.2 cm³/mol. The number of hydrogen-bond acceptors (Lipinski definition) is 3. The Balaban J connectivity index is 3.09. The summed E-state index contributed by atoms with van der Waals surface area (Å²) in [5.74, 6) is -0.0886. The minimum absolute atomic E-state index is 0.0886. The molecule has 0 heterocycles. The van der Waals surface area contributed by atoms with Crippen LogP contribution in [0, 0.1) is 0 Å². The summed E-state index contributed by atoms with van der Waals surface area (Å²) in [4.78, 5) is 10.6. The van der Waals surface area contributed by atoms with Gasteiger partial charge in [0.15, 0.2) is 5.84 Å². The molecule has 0 radical (unpaired) electrons. The van der Waals surface area contributed by atoms with Gasteiger partial charge in [0, 0.05) is 5.56 Å². The maximum atomic E-state index is 10.6. The van der Waals surface area contributed by atoms with Crippen LogP contribution in [-0.4, -0.2) is 17.1 Å². The standard InChI is InChI=1S/C8H10N4O2/c9-7(12-14)5-3-1-2-4-6(5)11-8(10)13/h1-4,14H,(H2,9,12)(H3,10,11,13). The predicted octanol–water partition coefficient (Wildman–Crippen LogP) is 0.272. The Morgan fingerprint density at radius 2 is 2.00 bits per heavy atom. The van der Waals surface area contributed by atoms with E-state index in [-0.39, 0.29) is 5.84 Å². The number of nitrogens with one attached hydrogen (secondary N) is 1. The van der Waals surface area contributed by atoms with Crippen molar-refractivity contribution in [3.63, 3.8) is 0 Å². The third-order valence-corrected chi connectivity index (χ3v) is 1.57. The van der Waals surface area contributed by atoms with Gasteiger partial charge in [-0.25, -0.2) is 4.79 Å². The number of primary amides is 1. The van der Waals surface area contributed by atoms with Gasteiger partial charge >= 0.3 is 6.03 Å². The van der Waals surface area contributed by atoms with Crippen molar-refractivity contribution >= 4 is 17.6 Å². The fourth-order valence-corrected chi connectivity index (χ4v) is 1.00. The molecule has 74 valence electrons. The van der Waals surface area contributed by atoms with Gasteiger partial charge in [0.25, 0.3) is 0 Å². The van der Waals surface area contributed by atoms with E-state index >= 15 is 0 Å². The fraction of sp³-hybridized carbons (Fsp3) is 0. The first-order chi connectivity index (χ1) is 6.65. The Labute approximate surface area is 80.2 Å². The van der Waals surface area contributed by atoms with Crippen LogP contribution < -0.4 is 16.8 Å². The second-order valence-electron chi connectivity index (χ2n) is 2.52. The van der Waals surface area contributed by atoms with E-state index in [9.17, 15) is 4.79 Å². The van der Waals surface area contributed by atoms with E-state index in [4.69, 9.17) is 16.7 Å². The van der Waals surface area contributed by atoms with Crippen LogP contribution in [-0.2, 0) is 0 Å². The van der Waals surface area contributed by atoms with Gasteiger partial charge in [0.1, 0.15) is 0 Å². The Kier molecular flexibility index (Phi) is 2.90. The van der Waals surface area contributed by atoms with E-state index in [0.717, 1.165) is 0 Å². The van der Waals surface area contributed by atoms with Gasteiger partial charge < -0.3 is 22.0 Å². The van der Waals surface area contributed by atoms with Crippen LogP contribution in [0.2, 0.25) is 0 Å². The maximum Gasteiger partial charge on any atom is 0.316 e. The monoisotopic (exact) mass is 194 g/mol. The number of carbonyl (C=O) groups is 1. The number of amides is 2. The molecule has 6 heteroatoms. The Bertz CT molecular complexity index is 375. The van der Waals surface area contributed by atoms with Crippen molar-refractivity contribution in [3.05, 3.63) is 29.8 Å². The largest absolute Gasteiger partial charge is 0.409 e. The zero-order chi connectivity index (χ0) is 10.6. The van der Waals surface area contributed by atoms with Gasteiger partial charge in [-0.1, -0.05) is 17.3 Å². The zero-order valence-electron chi connectivity index (χ0n) is 7.27. The summed E-state index contributed by atoms with van der Waals surface area (Å²) in [7, 11) is 0. The molecule has 0 aliphatic heterocycles. The summed E-state index contributed by atoms with van der Waals surface area (Å²) in [6, 6.07) is 5.88. The maximum absolute atomic E-state index is 10.6. The third-order valence-electron chi connectivity index (χ3n) is 1.57. The summed E-state index contributed by atoms with van der Waals surface area (Å²) >= 11 is 0. The van der Waals surface area contributed by atoms with Crippen LogP contribution >= 0.6 is 0 Å². The van der Waals surface area contributed by atoms with Crippen molar-refractivity contribution in [2.75, 3.05) is 5.32 Å². The smallest absolute Gasteiger partial charge is 0.316 e. The van der Waals surface area contributed by atoms with Crippen LogP contribution in [0.25, 0.3) is 0 Å². The molecule has 0 aliphatic rings. The van der Waals surface area contributed by atoms with Crippen molar-refractivity contribution in [1.82, 2.24) is 0 Å². The molecular weight excluding hydrogens is 184 g/mol. The number of rotatable bonds is 2. The Hall–Kier alpha value is -2.24. The van der Waals surface area contributed by atoms with Gasteiger partial charge in [-0.15, -0.1) is 0 Å². The molecule has 0 aliphatic carbocycles. The van der Waals surface area contributed by atoms with E-state index in [1.165, 1.54) is 0 Å². The third kappa shape index (κ3) is 2.13. The molecule has 0 fully saturated rings. The van der Waals surface area contributed by atoms with Gasteiger partial charge in [-0.2, -0.15) is 0 Å². The quantitative estimate of drug-likeness (QED) is 0.234. The number of hydrogen-bond donors (Lipinski definition) is 4. The summed E-state index contributed by atoms with van der Waals surface area (Å²) < 4.78 is 0. The molecule has 6 N–H and O–H groups in total. The second-order valence-corrected chi connectivity index (χ2v) is 2.52. The first-order valence-corrected chi connectivity index (χ1v) is 3.78. The molecule has 0 saturated carbocycles. The first-order valence-electron chi connectivity index (χ1n) is 3.78. The molecule has 0 saturated heterocycles. The van der Waals surface area contributed by atoms with E-state index in [1.807, 2.05) is 0 Å². The molecule has 0 bridgehead atoms. The lowest BCUT2D eigenvalue weighted by atomic mass is 10.1. The molecule has 1 rings (SSSR count). The highest BCUT2D eigenvalue weighted by Gasteiger charge is 2.06. The minimum Gasteiger partial charge on any atom is -0.409 e. The number of nitrogens with two attached hydrogens (primary N) is 2. The van der Waals surface area contributed by atoms with Crippen LogP contribution in [0.3, 0.4) is 0 Å². The summed E-state index contributed by atoms with van der Waals surface area (Å²) in [5, 5.41) is 13.7. The van der Waals surface area contributed by atoms with E-state index in [2.05, 4.69) is 10.5 Å². The number of amidine groups is 1. The summed E-state index contributed by atoms with van der Waals surface area (Å²) in [6.45, 7) is 0. The highest BCUT2D eigenvalue weighted by Crippen LogP contribution is 2.13. The average molecular weight is 194 g/mol. The fourth-order valence-electron chi connectivity index (χ4n) is 1.00. The molecule has 1 aromatic rings. The molecule has 0 spiro atoms. The van der Waals surface area contributed by atoms with E-state index in [0.29, 0.717) is 11.3 Å². The van der Waals surface area contributed by atoms with Gasteiger partial charge in [-0.3, -0.25) is 0 Å².